The van der Waals surface area contributed by atoms with Gasteiger partial charge in [-0.05, 0) is 12.1 Å². The molecule has 3 aromatic rings. The molecule has 3 heterocycles. The number of hydrogen-bond acceptors (Lipinski definition) is 6. The quantitative estimate of drug-likeness (QED) is 0.700. The van der Waals surface area contributed by atoms with Crippen LogP contribution < -0.4 is 0 Å². The molecule has 3 aromatic heterocycles. The van der Waals surface area contributed by atoms with E-state index in [2.05, 4.69) is 30.5 Å². The molecule has 1 N–H and O–H groups in total. The lowest BCUT2D eigenvalue weighted by Crippen LogP contribution is -2.13. The summed E-state index contributed by atoms with van der Waals surface area (Å²) in [6.45, 7) is 6.07. The minimum atomic E-state index is -0.153. The van der Waals surface area contributed by atoms with Gasteiger partial charge in [-0.3, -0.25) is 0 Å². The molecule has 18 heavy (non-hydrogen) atoms. The maximum Gasteiger partial charge on any atom is 0.276 e. The Balaban J connectivity index is 2.06. The van der Waals surface area contributed by atoms with Crippen LogP contribution >= 0.6 is 0 Å². The van der Waals surface area contributed by atoms with E-state index in [-0.39, 0.29) is 5.41 Å². The molecule has 3 rings (SSSR count). The van der Waals surface area contributed by atoms with Crippen molar-refractivity contribution in [2.24, 2.45) is 0 Å². The molecular formula is C11H12N6O. The first-order valence-corrected chi connectivity index (χ1v) is 5.56. The summed E-state index contributed by atoms with van der Waals surface area (Å²) in [5.74, 6) is 1.05. The zero-order chi connectivity index (χ0) is 12.8. The van der Waals surface area contributed by atoms with Gasteiger partial charge in [0.15, 0.2) is 5.82 Å². The third kappa shape index (κ3) is 1.73. The van der Waals surface area contributed by atoms with E-state index in [4.69, 9.17) is 4.52 Å². The molecule has 0 atom stereocenters. The standard InChI is InChI=1S/C11H12N6O/c1-11(2,3)10-13-9(18-16-10)7-5-4-6-8(12-7)15-17-14-6/h4-5H,1-3H3,(H,12,14,15,17). The summed E-state index contributed by atoms with van der Waals surface area (Å²) in [5.41, 5.74) is 1.68. The van der Waals surface area contributed by atoms with E-state index in [0.29, 0.717) is 28.6 Å². The third-order valence-corrected chi connectivity index (χ3v) is 2.50. The zero-order valence-corrected chi connectivity index (χ0v) is 10.3. The highest BCUT2D eigenvalue weighted by molar-refractivity contribution is 5.71. The second kappa shape index (κ2) is 3.59. The van der Waals surface area contributed by atoms with Crippen LogP contribution in [0.25, 0.3) is 22.7 Å². The molecule has 0 aliphatic heterocycles. The Morgan fingerprint density at radius 1 is 1.11 bits per heavy atom. The van der Waals surface area contributed by atoms with Crippen LogP contribution in [0.2, 0.25) is 0 Å². The van der Waals surface area contributed by atoms with Crippen LogP contribution in [0.5, 0.6) is 0 Å². The van der Waals surface area contributed by atoms with Crippen molar-refractivity contribution in [3.63, 3.8) is 0 Å². The Morgan fingerprint density at radius 3 is 2.67 bits per heavy atom. The Hall–Kier alpha value is -2.31. The van der Waals surface area contributed by atoms with E-state index in [1.807, 2.05) is 26.8 Å². The van der Waals surface area contributed by atoms with Crippen LogP contribution in [0.1, 0.15) is 26.6 Å². The van der Waals surface area contributed by atoms with Crippen molar-refractivity contribution in [2.75, 3.05) is 0 Å². The van der Waals surface area contributed by atoms with E-state index in [9.17, 15) is 0 Å². The van der Waals surface area contributed by atoms with Gasteiger partial charge in [0, 0.05) is 5.41 Å². The first-order chi connectivity index (χ1) is 8.54. The van der Waals surface area contributed by atoms with Gasteiger partial charge in [-0.1, -0.05) is 25.9 Å². The second-order valence-corrected chi connectivity index (χ2v) is 5.04. The summed E-state index contributed by atoms with van der Waals surface area (Å²) >= 11 is 0. The SMILES string of the molecule is CC(C)(C)c1noc(-c2ccc3n[nH]nc3n2)n1. The molecule has 0 radical (unpaired) electrons. The molecule has 0 amide bonds. The molecule has 0 aliphatic carbocycles. The molecule has 0 spiro atoms. The highest BCUT2D eigenvalue weighted by atomic mass is 16.5. The monoisotopic (exact) mass is 244 g/mol. The van der Waals surface area contributed by atoms with Crippen molar-refractivity contribution >= 4 is 11.2 Å². The van der Waals surface area contributed by atoms with Gasteiger partial charge in [-0.25, -0.2) is 4.98 Å². The second-order valence-electron chi connectivity index (χ2n) is 5.04. The molecule has 0 aliphatic rings. The first-order valence-electron chi connectivity index (χ1n) is 5.56. The minimum Gasteiger partial charge on any atom is -0.332 e. The van der Waals surface area contributed by atoms with Gasteiger partial charge < -0.3 is 4.52 Å². The average Bonchev–Trinajstić information content (AvgIpc) is 2.96. The number of nitrogens with zero attached hydrogens (tertiary/aromatic N) is 5. The van der Waals surface area contributed by atoms with Crippen molar-refractivity contribution in [3.8, 4) is 11.6 Å². The van der Waals surface area contributed by atoms with Gasteiger partial charge >= 0.3 is 0 Å². The molecule has 0 fully saturated rings. The topological polar surface area (TPSA) is 93.4 Å². The summed E-state index contributed by atoms with van der Waals surface area (Å²) in [5, 5.41) is 14.3. The Labute approximate surface area is 103 Å². The van der Waals surface area contributed by atoms with E-state index in [1.54, 1.807) is 6.07 Å². The fourth-order valence-electron chi connectivity index (χ4n) is 1.49. The molecular weight excluding hydrogens is 232 g/mol. The Kier molecular flexibility index (Phi) is 2.16. The van der Waals surface area contributed by atoms with E-state index in [0.717, 1.165) is 0 Å². The zero-order valence-electron chi connectivity index (χ0n) is 10.3. The lowest BCUT2D eigenvalue weighted by atomic mass is 9.96. The number of nitrogens with one attached hydrogen (secondary N) is 1. The highest BCUT2D eigenvalue weighted by Gasteiger charge is 2.22. The Bertz CT molecular complexity index is 693. The lowest BCUT2D eigenvalue weighted by molar-refractivity contribution is 0.401. The number of H-pyrrole nitrogens is 1. The molecule has 0 saturated carbocycles. The first kappa shape index (κ1) is 10.8. The molecule has 92 valence electrons. The van der Waals surface area contributed by atoms with Crippen LogP contribution in [0.3, 0.4) is 0 Å². The molecule has 0 saturated heterocycles. The van der Waals surface area contributed by atoms with E-state index in [1.165, 1.54) is 0 Å². The number of aromatic amines is 1. The average molecular weight is 244 g/mol. The largest absolute Gasteiger partial charge is 0.332 e. The predicted octanol–water partition coefficient (Wildman–Crippen LogP) is 1.70. The van der Waals surface area contributed by atoms with Crippen LogP contribution in [0, 0.1) is 0 Å². The van der Waals surface area contributed by atoms with Crippen LogP contribution in [0.4, 0.5) is 0 Å². The number of rotatable bonds is 1. The summed E-state index contributed by atoms with van der Waals surface area (Å²) in [7, 11) is 0. The molecule has 0 unspecified atom stereocenters. The maximum absolute atomic E-state index is 5.22. The summed E-state index contributed by atoms with van der Waals surface area (Å²) in [6.07, 6.45) is 0. The fraction of sp³-hybridized carbons (Fsp3) is 0.364. The Morgan fingerprint density at radius 2 is 1.94 bits per heavy atom. The number of aromatic nitrogens is 6. The predicted molar refractivity (Wildman–Crippen MR) is 63.7 cm³/mol. The fourth-order valence-corrected chi connectivity index (χ4v) is 1.49. The van der Waals surface area contributed by atoms with Gasteiger partial charge in [0.05, 0.1) is 0 Å². The van der Waals surface area contributed by atoms with Gasteiger partial charge in [-0.15, -0.1) is 5.10 Å². The number of hydrogen-bond donors (Lipinski definition) is 1. The third-order valence-electron chi connectivity index (χ3n) is 2.50. The maximum atomic E-state index is 5.22. The van der Waals surface area contributed by atoms with Gasteiger partial charge in [0.1, 0.15) is 11.2 Å². The van der Waals surface area contributed by atoms with E-state index >= 15 is 0 Å². The number of pyridine rings is 1. The van der Waals surface area contributed by atoms with Crippen LogP contribution in [-0.2, 0) is 5.41 Å². The van der Waals surface area contributed by atoms with Crippen LogP contribution in [-0.4, -0.2) is 30.5 Å². The van der Waals surface area contributed by atoms with Crippen molar-refractivity contribution in [3.05, 3.63) is 18.0 Å². The van der Waals surface area contributed by atoms with Gasteiger partial charge in [0.2, 0.25) is 5.65 Å². The van der Waals surface area contributed by atoms with Crippen molar-refractivity contribution in [1.29, 1.82) is 0 Å². The summed E-state index contributed by atoms with van der Waals surface area (Å²) in [6, 6.07) is 3.59. The number of fused-ring (bicyclic) bond motifs is 1. The minimum absolute atomic E-state index is 0.153. The lowest BCUT2D eigenvalue weighted by Gasteiger charge is -2.10. The summed E-state index contributed by atoms with van der Waals surface area (Å²) < 4.78 is 5.22. The molecule has 0 bridgehead atoms. The molecule has 7 heteroatoms. The van der Waals surface area contributed by atoms with Gasteiger partial charge in [-0.2, -0.15) is 15.3 Å². The van der Waals surface area contributed by atoms with Crippen LogP contribution in [0.15, 0.2) is 16.7 Å². The smallest absolute Gasteiger partial charge is 0.276 e. The van der Waals surface area contributed by atoms with Crippen molar-refractivity contribution in [1.82, 2.24) is 30.5 Å². The van der Waals surface area contributed by atoms with Crippen molar-refractivity contribution < 1.29 is 4.52 Å². The van der Waals surface area contributed by atoms with Gasteiger partial charge in [0.25, 0.3) is 5.89 Å². The molecule has 7 nitrogen and oxygen atoms in total. The van der Waals surface area contributed by atoms with Crippen molar-refractivity contribution in [2.45, 2.75) is 26.2 Å². The highest BCUT2D eigenvalue weighted by Crippen LogP contribution is 2.23. The molecule has 0 aromatic carbocycles. The van der Waals surface area contributed by atoms with E-state index < -0.39 is 0 Å². The summed E-state index contributed by atoms with van der Waals surface area (Å²) in [4.78, 5) is 8.64. The normalized spacial score (nSPS) is 12.2.